The van der Waals surface area contributed by atoms with Crippen LogP contribution in [0, 0.1) is 0 Å². The van der Waals surface area contributed by atoms with Crippen molar-refractivity contribution in [3.63, 3.8) is 0 Å². The van der Waals surface area contributed by atoms with Crippen LogP contribution in [0.5, 0.6) is 0 Å². The van der Waals surface area contributed by atoms with E-state index in [1.165, 1.54) is 24.3 Å². The summed E-state index contributed by atoms with van der Waals surface area (Å²) in [4.78, 5) is 0.0827. The van der Waals surface area contributed by atoms with Crippen molar-refractivity contribution in [1.29, 1.82) is 0 Å². The highest BCUT2D eigenvalue weighted by Gasteiger charge is 2.43. The quantitative estimate of drug-likeness (QED) is 0.558. The molecule has 0 fully saturated rings. The fourth-order valence-corrected chi connectivity index (χ4v) is 3.77. The van der Waals surface area contributed by atoms with Gasteiger partial charge in [0.1, 0.15) is 0 Å². The Morgan fingerprint density at radius 1 is 0.724 bits per heavy atom. The van der Waals surface area contributed by atoms with Gasteiger partial charge in [0.25, 0.3) is 0 Å². The van der Waals surface area contributed by atoms with E-state index in [0.29, 0.717) is 35.3 Å². The predicted octanol–water partition coefficient (Wildman–Crippen LogP) is 6.00. The van der Waals surface area contributed by atoms with Gasteiger partial charge in [0.05, 0.1) is 16.0 Å². The molecule has 0 heterocycles. The van der Waals surface area contributed by atoms with Gasteiger partial charge in [0, 0.05) is 6.26 Å². The Hall–Kier alpha value is -2.55. The molecule has 2 aromatic rings. The molecule has 0 unspecified atom stereocenters. The summed E-state index contributed by atoms with van der Waals surface area (Å²) < 4.78 is 102. The Labute approximate surface area is 163 Å². The van der Waals surface area contributed by atoms with E-state index in [1.54, 1.807) is 12.2 Å². The number of halogens is 6. The maximum atomic E-state index is 13.2. The van der Waals surface area contributed by atoms with Gasteiger partial charge in [-0.05, 0) is 53.0 Å². The molecule has 0 aromatic heterocycles. The van der Waals surface area contributed by atoms with E-state index < -0.39 is 33.3 Å². The molecule has 0 amide bonds. The lowest BCUT2D eigenvalue weighted by Gasteiger charge is -2.18. The second kappa shape index (κ2) is 7.05. The molecule has 1 aliphatic rings. The highest BCUT2D eigenvalue weighted by atomic mass is 32.2. The van der Waals surface area contributed by atoms with Crippen LogP contribution < -0.4 is 0 Å². The van der Waals surface area contributed by atoms with Crippen molar-refractivity contribution < 1.29 is 34.8 Å². The van der Waals surface area contributed by atoms with Crippen LogP contribution in [0.25, 0.3) is 11.1 Å². The number of rotatable bonds is 3. The first-order valence-electron chi connectivity index (χ1n) is 8.28. The number of alkyl halides is 6. The smallest absolute Gasteiger partial charge is 0.224 e. The van der Waals surface area contributed by atoms with E-state index in [-0.39, 0.29) is 10.5 Å². The van der Waals surface area contributed by atoms with Gasteiger partial charge in [0.2, 0.25) is 0 Å². The summed E-state index contributed by atoms with van der Waals surface area (Å²) in [6.45, 7) is 0. The largest absolute Gasteiger partial charge is 0.417 e. The summed E-state index contributed by atoms with van der Waals surface area (Å²) in [5.41, 5.74) is -2.05. The molecule has 0 bridgehead atoms. The van der Waals surface area contributed by atoms with Crippen molar-refractivity contribution >= 4 is 21.0 Å². The van der Waals surface area contributed by atoms with Crippen molar-refractivity contribution in [3.8, 4) is 0 Å². The van der Waals surface area contributed by atoms with E-state index >= 15 is 0 Å². The summed E-state index contributed by atoms with van der Waals surface area (Å²) in [6, 6.07) is 7.70. The van der Waals surface area contributed by atoms with Gasteiger partial charge in [0.15, 0.2) is 9.84 Å². The molecule has 0 saturated carbocycles. The molecule has 154 valence electrons. The molecule has 29 heavy (non-hydrogen) atoms. The van der Waals surface area contributed by atoms with Crippen LogP contribution >= 0.6 is 0 Å². The van der Waals surface area contributed by atoms with Crippen molar-refractivity contribution in [3.05, 3.63) is 76.9 Å². The Bertz CT molecular complexity index is 1110. The molecule has 0 spiro atoms. The van der Waals surface area contributed by atoms with Crippen LogP contribution in [0.3, 0.4) is 0 Å². The number of sulfone groups is 1. The third kappa shape index (κ3) is 4.39. The molecule has 3 rings (SSSR count). The van der Waals surface area contributed by atoms with Crippen LogP contribution in [0.2, 0.25) is 0 Å². The zero-order chi connectivity index (χ0) is 21.6. The van der Waals surface area contributed by atoms with Crippen LogP contribution in [0.1, 0.15) is 28.7 Å². The fraction of sp³-hybridized carbons (Fsp3) is 0.200. The molecule has 2 aromatic carbocycles. The number of benzene rings is 2. The first kappa shape index (κ1) is 21.2. The molecule has 2 nitrogen and oxygen atoms in total. The third-order valence-corrected chi connectivity index (χ3v) is 5.60. The minimum absolute atomic E-state index is 0.00117. The van der Waals surface area contributed by atoms with Crippen LogP contribution in [0.15, 0.2) is 59.5 Å². The van der Waals surface area contributed by atoms with Crippen molar-refractivity contribution in [2.75, 3.05) is 6.26 Å². The summed E-state index contributed by atoms with van der Waals surface area (Å²) in [6.07, 6.45) is -5.53. The van der Waals surface area contributed by atoms with E-state index in [1.807, 2.05) is 0 Å². The van der Waals surface area contributed by atoms with E-state index in [4.69, 9.17) is 0 Å². The molecular weight excluding hydrogens is 418 g/mol. The van der Waals surface area contributed by atoms with Crippen molar-refractivity contribution in [1.82, 2.24) is 0 Å². The van der Waals surface area contributed by atoms with Crippen LogP contribution in [-0.4, -0.2) is 14.7 Å². The Balaban J connectivity index is 2.04. The molecule has 9 heteroatoms. The van der Waals surface area contributed by atoms with Gasteiger partial charge in [-0.1, -0.05) is 30.4 Å². The number of hydrogen-bond acceptors (Lipinski definition) is 2. The molecule has 0 atom stereocenters. The Morgan fingerprint density at radius 2 is 1.21 bits per heavy atom. The highest BCUT2D eigenvalue weighted by Crippen LogP contribution is 2.43. The molecular formula is C20H14F6O2S. The van der Waals surface area contributed by atoms with Crippen molar-refractivity contribution in [2.24, 2.45) is 0 Å². The van der Waals surface area contributed by atoms with Crippen molar-refractivity contribution in [2.45, 2.75) is 23.7 Å². The molecule has 0 radical (unpaired) electrons. The minimum atomic E-state index is -5.17. The van der Waals surface area contributed by atoms with E-state index in [9.17, 15) is 34.8 Å². The lowest BCUT2D eigenvalue weighted by Crippen LogP contribution is -2.16. The standard InChI is InChI=1S/C20H14F6O2S/c1-29(27,28)14-8-5-12(6-9-14)15-3-2-4-16(15)13-7-10-17(19(21,22)23)18(11-13)20(24,25)26/h3-11H,2H2,1H3. The lowest BCUT2D eigenvalue weighted by molar-refractivity contribution is -0.162. The SMILES string of the molecule is CS(=O)(=O)c1ccc(C2=CCC=C2c2ccc(C(F)(F)F)c(C(F)(F)F)c2)cc1. The maximum absolute atomic E-state index is 13.2. The predicted molar refractivity (Wildman–Crippen MR) is 96.6 cm³/mol. The van der Waals surface area contributed by atoms with Gasteiger partial charge in [-0.2, -0.15) is 26.3 Å². The lowest BCUT2D eigenvalue weighted by atomic mass is 9.92. The molecule has 0 aliphatic heterocycles. The van der Waals surface area contributed by atoms with Gasteiger partial charge in [-0.3, -0.25) is 0 Å². The number of hydrogen-bond donors (Lipinski definition) is 0. The topological polar surface area (TPSA) is 34.1 Å². The highest BCUT2D eigenvalue weighted by molar-refractivity contribution is 7.90. The average Bonchev–Trinajstić information content (AvgIpc) is 3.09. The van der Waals surface area contributed by atoms with E-state index in [0.717, 1.165) is 12.3 Å². The van der Waals surface area contributed by atoms with Gasteiger partial charge in [-0.25, -0.2) is 8.42 Å². The van der Waals surface area contributed by atoms with Gasteiger partial charge >= 0.3 is 12.4 Å². The molecule has 1 aliphatic carbocycles. The monoisotopic (exact) mass is 432 g/mol. The Kier molecular flexibility index (Phi) is 5.15. The van der Waals surface area contributed by atoms with Gasteiger partial charge in [-0.15, -0.1) is 0 Å². The second-order valence-corrected chi connectivity index (χ2v) is 8.54. The fourth-order valence-electron chi connectivity index (χ4n) is 3.14. The summed E-state index contributed by atoms with van der Waals surface area (Å²) in [7, 11) is -3.42. The van der Waals surface area contributed by atoms with Gasteiger partial charge < -0.3 is 0 Å². The summed E-state index contributed by atoms with van der Waals surface area (Å²) >= 11 is 0. The minimum Gasteiger partial charge on any atom is -0.224 e. The first-order valence-corrected chi connectivity index (χ1v) is 10.2. The third-order valence-electron chi connectivity index (χ3n) is 4.47. The van der Waals surface area contributed by atoms with Crippen LogP contribution in [-0.2, 0) is 22.2 Å². The summed E-state index contributed by atoms with van der Waals surface area (Å²) in [5.74, 6) is 0. The summed E-state index contributed by atoms with van der Waals surface area (Å²) in [5, 5.41) is 0. The van der Waals surface area contributed by atoms with Crippen LogP contribution in [0.4, 0.5) is 26.3 Å². The zero-order valence-electron chi connectivity index (χ0n) is 14.9. The second-order valence-electron chi connectivity index (χ2n) is 6.52. The Morgan fingerprint density at radius 3 is 1.69 bits per heavy atom. The maximum Gasteiger partial charge on any atom is 0.417 e. The zero-order valence-corrected chi connectivity index (χ0v) is 15.7. The normalized spacial score (nSPS) is 15.3. The number of allylic oxidation sites excluding steroid dienone is 4. The molecule has 0 saturated heterocycles. The first-order chi connectivity index (χ1) is 13.3. The molecule has 0 N–H and O–H groups in total. The average molecular weight is 432 g/mol. The van der Waals surface area contributed by atoms with E-state index in [2.05, 4.69) is 0 Å².